The average Bonchev–Trinajstić information content (AvgIpc) is 3.24. The molecule has 4 rings (SSSR count). The maximum atomic E-state index is 12.9. The molecule has 0 aliphatic carbocycles. The Labute approximate surface area is 186 Å². The molecule has 2 aromatic carbocycles. The highest BCUT2D eigenvalue weighted by Crippen LogP contribution is 2.36. The number of carbonyl (C=O) groups excluding carboxylic acids is 2. The fourth-order valence-electron chi connectivity index (χ4n) is 4.00. The highest BCUT2D eigenvalue weighted by Gasteiger charge is 2.33. The third-order valence-electron chi connectivity index (χ3n) is 5.62. The number of aliphatic hydroxyl groups excluding tert-OH is 1. The average molecular weight is 435 g/mol. The van der Waals surface area contributed by atoms with E-state index in [2.05, 4.69) is 4.90 Å². The molecule has 1 N–H and O–H groups in total. The zero-order valence-electron chi connectivity index (χ0n) is 18.0. The SMILES string of the molecule is COC(=O)c1c(-c2ccccc2N2CCC(O)CC2)nn(-c2ccccc2)c1C(=O)OC. The van der Waals surface area contributed by atoms with Crippen LogP contribution in [0.15, 0.2) is 54.6 Å². The van der Waals surface area contributed by atoms with Crippen LogP contribution in [0.1, 0.15) is 33.7 Å². The molecule has 2 heterocycles. The first-order chi connectivity index (χ1) is 15.5. The predicted octanol–water partition coefficient (Wildman–Crippen LogP) is 3.07. The number of nitrogens with zero attached hydrogens (tertiary/aromatic N) is 3. The fourth-order valence-corrected chi connectivity index (χ4v) is 4.00. The van der Waals surface area contributed by atoms with Gasteiger partial charge in [0.2, 0.25) is 0 Å². The van der Waals surface area contributed by atoms with Gasteiger partial charge in [-0.3, -0.25) is 0 Å². The summed E-state index contributed by atoms with van der Waals surface area (Å²) in [5, 5.41) is 14.6. The van der Waals surface area contributed by atoms with Crippen LogP contribution in [-0.4, -0.2) is 60.2 Å². The number of ether oxygens (including phenoxy) is 2. The van der Waals surface area contributed by atoms with Gasteiger partial charge >= 0.3 is 11.9 Å². The summed E-state index contributed by atoms with van der Waals surface area (Å²) in [6, 6.07) is 16.7. The van der Waals surface area contributed by atoms with Gasteiger partial charge in [0, 0.05) is 24.3 Å². The number of rotatable bonds is 5. The molecule has 0 bridgehead atoms. The van der Waals surface area contributed by atoms with Crippen LogP contribution in [0.5, 0.6) is 0 Å². The maximum absolute atomic E-state index is 12.9. The topological polar surface area (TPSA) is 93.9 Å². The molecule has 0 spiro atoms. The van der Waals surface area contributed by atoms with Crippen molar-refractivity contribution in [1.29, 1.82) is 0 Å². The molecular formula is C24H25N3O5. The quantitative estimate of drug-likeness (QED) is 0.616. The first-order valence-corrected chi connectivity index (χ1v) is 10.4. The van der Waals surface area contributed by atoms with E-state index in [1.807, 2.05) is 42.5 Å². The minimum Gasteiger partial charge on any atom is -0.465 e. The molecule has 8 heteroatoms. The van der Waals surface area contributed by atoms with Gasteiger partial charge < -0.3 is 19.5 Å². The summed E-state index contributed by atoms with van der Waals surface area (Å²) in [6.07, 6.45) is 1.00. The molecule has 0 saturated carbocycles. The lowest BCUT2D eigenvalue weighted by Crippen LogP contribution is -2.36. The summed E-state index contributed by atoms with van der Waals surface area (Å²) in [5.41, 5.74) is 2.57. The van der Waals surface area contributed by atoms with Crippen LogP contribution >= 0.6 is 0 Å². The number of aromatic nitrogens is 2. The molecule has 32 heavy (non-hydrogen) atoms. The summed E-state index contributed by atoms with van der Waals surface area (Å²) in [5.74, 6) is -1.36. The summed E-state index contributed by atoms with van der Waals surface area (Å²) in [6.45, 7) is 1.35. The van der Waals surface area contributed by atoms with Gasteiger partial charge in [0.1, 0.15) is 11.3 Å². The molecule has 0 atom stereocenters. The van der Waals surface area contributed by atoms with Gasteiger partial charge in [0.25, 0.3) is 0 Å². The highest BCUT2D eigenvalue weighted by atomic mass is 16.5. The van der Waals surface area contributed by atoms with Crippen molar-refractivity contribution in [2.24, 2.45) is 0 Å². The zero-order valence-corrected chi connectivity index (χ0v) is 18.0. The van der Waals surface area contributed by atoms with E-state index < -0.39 is 11.9 Å². The Morgan fingerprint density at radius 2 is 1.56 bits per heavy atom. The number of benzene rings is 2. The van der Waals surface area contributed by atoms with Crippen molar-refractivity contribution < 1.29 is 24.2 Å². The summed E-state index contributed by atoms with van der Waals surface area (Å²) in [4.78, 5) is 27.8. The lowest BCUT2D eigenvalue weighted by Gasteiger charge is -2.32. The summed E-state index contributed by atoms with van der Waals surface area (Å²) < 4.78 is 11.5. The largest absolute Gasteiger partial charge is 0.465 e. The second-order valence-electron chi connectivity index (χ2n) is 7.54. The number of esters is 2. The highest BCUT2D eigenvalue weighted by molar-refractivity contribution is 6.07. The van der Waals surface area contributed by atoms with Gasteiger partial charge in [-0.1, -0.05) is 36.4 Å². The molecule has 1 aliphatic rings. The summed E-state index contributed by atoms with van der Waals surface area (Å²) in [7, 11) is 2.53. The van der Waals surface area contributed by atoms with Crippen LogP contribution in [0.2, 0.25) is 0 Å². The molecule has 0 unspecified atom stereocenters. The Morgan fingerprint density at radius 3 is 2.22 bits per heavy atom. The predicted molar refractivity (Wildman–Crippen MR) is 119 cm³/mol. The van der Waals surface area contributed by atoms with Crippen molar-refractivity contribution in [3.63, 3.8) is 0 Å². The van der Waals surface area contributed by atoms with E-state index >= 15 is 0 Å². The Balaban J connectivity index is 1.95. The van der Waals surface area contributed by atoms with Gasteiger partial charge in [0.05, 0.1) is 26.0 Å². The second-order valence-corrected chi connectivity index (χ2v) is 7.54. The molecule has 0 radical (unpaired) electrons. The normalized spacial score (nSPS) is 14.3. The number of hydrogen-bond donors (Lipinski definition) is 1. The molecule has 3 aromatic rings. The Bertz CT molecular complexity index is 1120. The van der Waals surface area contributed by atoms with Crippen molar-refractivity contribution in [3.8, 4) is 16.9 Å². The van der Waals surface area contributed by atoms with E-state index in [0.717, 1.165) is 5.69 Å². The Morgan fingerprint density at radius 1 is 0.938 bits per heavy atom. The number of piperidine rings is 1. The van der Waals surface area contributed by atoms with Crippen LogP contribution in [0.25, 0.3) is 16.9 Å². The third kappa shape index (κ3) is 3.97. The van der Waals surface area contributed by atoms with Crippen LogP contribution in [0, 0.1) is 0 Å². The molecule has 1 saturated heterocycles. The van der Waals surface area contributed by atoms with Gasteiger partial charge in [-0.05, 0) is 31.0 Å². The van der Waals surface area contributed by atoms with Crippen molar-refractivity contribution in [2.45, 2.75) is 18.9 Å². The van der Waals surface area contributed by atoms with Crippen molar-refractivity contribution in [2.75, 3.05) is 32.2 Å². The number of methoxy groups -OCH3 is 2. The maximum Gasteiger partial charge on any atom is 0.357 e. The van der Waals surface area contributed by atoms with E-state index in [-0.39, 0.29) is 17.4 Å². The van der Waals surface area contributed by atoms with Gasteiger partial charge in [-0.25, -0.2) is 14.3 Å². The third-order valence-corrected chi connectivity index (χ3v) is 5.62. The van der Waals surface area contributed by atoms with Crippen molar-refractivity contribution in [3.05, 3.63) is 65.9 Å². The second kappa shape index (κ2) is 9.23. The Kier molecular flexibility index (Phi) is 6.23. The smallest absolute Gasteiger partial charge is 0.357 e. The summed E-state index contributed by atoms with van der Waals surface area (Å²) >= 11 is 0. The van der Waals surface area contributed by atoms with E-state index in [0.29, 0.717) is 42.9 Å². The zero-order chi connectivity index (χ0) is 22.7. The van der Waals surface area contributed by atoms with Crippen LogP contribution in [-0.2, 0) is 9.47 Å². The first kappa shape index (κ1) is 21.6. The lowest BCUT2D eigenvalue weighted by atomic mass is 10.0. The number of anilines is 1. The van der Waals surface area contributed by atoms with Gasteiger partial charge in [0.15, 0.2) is 5.69 Å². The van der Waals surface area contributed by atoms with Crippen LogP contribution < -0.4 is 4.90 Å². The number of carbonyl (C=O) groups is 2. The Hall–Kier alpha value is -3.65. The molecule has 0 amide bonds. The molecule has 1 aromatic heterocycles. The molecule has 1 fully saturated rings. The number of para-hydroxylation sites is 2. The first-order valence-electron chi connectivity index (χ1n) is 10.4. The minimum atomic E-state index is -0.688. The van der Waals surface area contributed by atoms with Crippen LogP contribution in [0.4, 0.5) is 5.69 Å². The molecule has 8 nitrogen and oxygen atoms in total. The molecule has 166 valence electrons. The number of aliphatic hydroxyl groups is 1. The molecule has 1 aliphatic heterocycles. The van der Waals surface area contributed by atoms with Crippen LogP contribution in [0.3, 0.4) is 0 Å². The van der Waals surface area contributed by atoms with E-state index in [1.165, 1.54) is 18.9 Å². The van der Waals surface area contributed by atoms with Gasteiger partial charge in [-0.15, -0.1) is 0 Å². The standard InChI is InChI=1S/C24H25N3O5/c1-31-23(29)20-21(18-10-6-7-11-19(18)26-14-12-17(28)13-15-26)25-27(22(20)24(30)32-2)16-8-4-3-5-9-16/h3-11,17,28H,12-15H2,1-2H3. The van der Waals surface area contributed by atoms with E-state index in [9.17, 15) is 14.7 Å². The van der Waals surface area contributed by atoms with E-state index in [1.54, 1.807) is 12.1 Å². The van der Waals surface area contributed by atoms with E-state index in [4.69, 9.17) is 14.6 Å². The minimum absolute atomic E-state index is 0.00409. The van der Waals surface area contributed by atoms with Gasteiger partial charge in [-0.2, -0.15) is 5.10 Å². The lowest BCUT2D eigenvalue weighted by molar-refractivity contribution is 0.0549. The number of hydrogen-bond acceptors (Lipinski definition) is 7. The molecular weight excluding hydrogens is 410 g/mol. The fraction of sp³-hybridized carbons (Fsp3) is 0.292. The van der Waals surface area contributed by atoms with Crippen molar-refractivity contribution in [1.82, 2.24) is 9.78 Å². The van der Waals surface area contributed by atoms with Crippen molar-refractivity contribution >= 4 is 17.6 Å². The monoisotopic (exact) mass is 435 g/mol.